The highest BCUT2D eigenvalue weighted by atomic mass is 32.2. The van der Waals surface area contributed by atoms with Crippen LogP contribution in [0, 0.1) is 11.6 Å². The molecule has 50 heavy (non-hydrogen) atoms. The molecule has 15 heteroatoms. The molecule has 0 amide bonds. The number of nitrogens with zero attached hydrogens (tertiary/aromatic N) is 5. The van der Waals surface area contributed by atoms with Gasteiger partial charge >= 0.3 is 16.2 Å². The first-order valence-corrected chi connectivity index (χ1v) is 18.1. The van der Waals surface area contributed by atoms with E-state index < -0.39 is 38.9 Å². The van der Waals surface area contributed by atoms with Crippen molar-refractivity contribution < 1.29 is 31.5 Å². The standard InChI is InChI=1S/C35H41F2N7O5S/c1-4-41(2)50(47,48)40-30-10-9-29(36)32(33(30)37)34(46)28-21-39-35-27(28)19-24(20-38-35)23-5-7-25(8-6-23)43-15-17-44(18-16-43)26-11-13-42(14-12-26)22-31(45)49-3/h5-10,19-21,26,40H,4,11-18,22H2,1-3H3,(H,38,39). The van der Waals surface area contributed by atoms with Crippen molar-refractivity contribution in [3.05, 3.63) is 77.6 Å². The van der Waals surface area contributed by atoms with Gasteiger partial charge in [0.05, 0.1) is 24.9 Å². The molecule has 0 bridgehead atoms. The minimum atomic E-state index is -4.11. The van der Waals surface area contributed by atoms with E-state index in [1.54, 1.807) is 19.2 Å². The van der Waals surface area contributed by atoms with E-state index in [1.807, 2.05) is 12.1 Å². The van der Waals surface area contributed by atoms with Gasteiger partial charge in [-0.15, -0.1) is 0 Å². The summed E-state index contributed by atoms with van der Waals surface area (Å²) in [7, 11) is -1.38. The zero-order chi connectivity index (χ0) is 35.6. The first-order valence-electron chi connectivity index (χ1n) is 16.6. The number of hydrogen-bond acceptors (Lipinski definition) is 9. The number of rotatable bonds is 11. The molecule has 2 N–H and O–H groups in total. The van der Waals surface area contributed by atoms with Crippen molar-refractivity contribution in [2.24, 2.45) is 0 Å². The van der Waals surface area contributed by atoms with Crippen molar-refractivity contribution in [3.63, 3.8) is 0 Å². The lowest BCUT2D eigenvalue weighted by Gasteiger charge is -2.43. The largest absolute Gasteiger partial charge is 0.468 e. The molecular formula is C35H41F2N7O5S. The third-order valence-corrected chi connectivity index (χ3v) is 11.3. The van der Waals surface area contributed by atoms with E-state index in [9.17, 15) is 22.4 Å². The fraction of sp³-hybridized carbons (Fsp3) is 0.400. The van der Waals surface area contributed by atoms with E-state index in [2.05, 4.69) is 41.5 Å². The Bertz CT molecular complexity index is 1970. The van der Waals surface area contributed by atoms with Gasteiger partial charge in [0, 0.05) is 93.5 Å². The van der Waals surface area contributed by atoms with Crippen molar-refractivity contribution in [3.8, 4) is 11.1 Å². The number of hydrogen-bond donors (Lipinski definition) is 2. The van der Waals surface area contributed by atoms with Crippen LogP contribution >= 0.6 is 0 Å². The van der Waals surface area contributed by atoms with E-state index in [0.29, 0.717) is 29.2 Å². The second-order valence-electron chi connectivity index (χ2n) is 12.6. The number of ether oxygens (including phenoxy) is 1. The van der Waals surface area contributed by atoms with E-state index in [4.69, 9.17) is 4.74 Å². The molecular weight excluding hydrogens is 668 g/mol. The van der Waals surface area contributed by atoms with Gasteiger partial charge in [0.2, 0.25) is 5.78 Å². The Balaban J connectivity index is 1.13. The molecule has 6 rings (SSSR count). The Morgan fingerprint density at radius 1 is 1.02 bits per heavy atom. The summed E-state index contributed by atoms with van der Waals surface area (Å²) in [6.45, 7) is 7.57. The monoisotopic (exact) mass is 709 g/mol. The van der Waals surface area contributed by atoms with Gasteiger partial charge in [-0.1, -0.05) is 19.1 Å². The third-order valence-electron chi connectivity index (χ3n) is 9.72. The van der Waals surface area contributed by atoms with E-state index >= 15 is 4.39 Å². The third kappa shape index (κ3) is 7.36. The van der Waals surface area contributed by atoms with Crippen LogP contribution in [0.3, 0.4) is 0 Å². The Morgan fingerprint density at radius 3 is 2.38 bits per heavy atom. The number of nitrogens with one attached hydrogen (secondary N) is 2. The van der Waals surface area contributed by atoms with Gasteiger partial charge in [0.15, 0.2) is 5.82 Å². The number of fused-ring (bicyclic) bond motifs is 1. The molecule has 0 atom stereocenters. The summed E-state index contributed by atoms with van der Waals surface area (Å²) >= 11 is 0. The number of pyridine rings is 1. The lowest BCUT2D eigenvalue weighted by molar-refractivity contribution is -0.142. The number of piperidine rings is 1. The maximum absolute atomic E-state index is 15.5. The molecule has 2 aliphatic heterocycles. The second kappa shape index (κ2) is 14.8. The van der Waals surface area contributed by atoms with Gasteiger partial charge in [0.1, 0.15) is 11.5 Å². The molecule has 2 aromatic carbocycles. The molecule has 4 aromatic rings. The fourth-order valence-corrected chi connectivity index (χ4v) is 7.54. The molecule has 0 spiro atoms. The van der Waals surface area contributed by atoms with Crippen LogP contribution in [0.15, 0.2) is 54.9 Å². The van der Waals surface area contributed by atoms with Gasteiger partial charge in [-0.25, -0.2) is 13.8 Å². The van der Waals surface area contributed by atoms with Crippen molar-refractivity contribution in [1.82, 2.24) is 24.1 Å². The van der Waals surface area contributed by atoms with Crippen LogP contribution in [0.25, 0.3) is 22.2 Å². The summed E-state index contributed by atoms with van der Waals surface area (Å²) in [5.41, 5.74) is 1.63. The predicted molar refractivity (Wildman–Crippen MR) is 187 cm³/mol. The van der Waals surface area contributed by atoms with Crippen molar-refractivity contribution in [2.75, 3.05) is 76.1 Å². The summed E-state index contributed by atoms with van der Waals surface area (Å²) in [6.07, 6.45) is 5.08. The zero-order valence-corrected chi connectivity index (χ0v) is 29.1. The number of carbonyl (C=O) groups excluding carboxylic acids is 2. The number of esters is 1. The maximum Gasteiger partial charge on any atom is 0.319 e. The lowest BCUT2D eigenvalue weighted by Crippen LogP contribution is -2.53. The molecule has 2 aromatic heterocycles. The normalized spacial score (nSPS) is 16.6. The minimum absolute atomic E-state index is 0.00135. The smallest absolute Gasteiger partial charge is 0.319 e. The molecule has 12 nitrogen and oxygen atoms in total. The number of methoxy groups -OCH3 is 1. The number of aromatic nitrogens is 2. The van der Waals surface area contributed by atoms with Crippen molar-refractivity contribution in [2.45, 2.75) is 25.8 Å². The van der Waals surface area contributed by atoms with Gasteiger partial charge in [-0.05, 0) is 48.7 Å². The lowest BCUT2D eigenvalue weighted by atomic mass is 9.99. The zero-order valence-electron chi connectivity index (χ0n) is 28.3. The number of anilines is 2. The van der Waals surface area contributed by atoms with Gasteiger partial charge in [-0.3, -0.25) is 24.1 Å². The van der Waals surface area contributed by atoms with Crippen molar-refractivity contribution >= 4 is 44.4 Å². The second-order valence-corrected chi connectivity index (χ2v) is 14.4. The average Bonchev–Trinajstić information content (AvgIpc) is 3.56. The first-order chi connectivity index (χ1) is 24.0. The maximum atomic E-state index is 15.5. The van der Waals surface area contributed by atoms with Crippen molar-refractivity contribution in [1.29, 1.82) is 0 Å². The number of halogens is 2. The summed E-state index contributed by atoms with van der Waals surface area (Å²) in [4.78, 5) is 39.6. The number of piperazine rings is 1. The molecule has 2 fully saturated rings. The molecule has 2 aliphatic rings. The highest BCUT2D eigenvalue weighted by molar-refractivity contribution is 7.90. The fourth-order valence-electron chi connectivity index (χ4n) is 6.61. The summed E-state index contributed by atoms with van der Waals surface area (Å²) in [5.74, 6) is -3.56. The summed E-state index contributed by atoms with van der Waals surface area (Å²) in [6, 6.07) is 12.1. The quantitative estimate of drug-likeness (QED) is 0.175. The number of H-pyrrole nitrogens is 1. The van der Waals surface area contributed by atoms with Crippen LogP contribution in [-0.4, -0.2) is 117 Å². The highest BCUT2D eigenvalue weighted by Gasteiger charge is 2.29. The number of aromatic amines is 1. The van der Waals surface area contributed by atoms with E-state index in [0.717, 1.165) is 79.8 Å². The Labute approximate surface area is 290 Å². The summed E-state index contributed by atoms with van der Waals surface area (Å²) < 4.78 is 63.3. The van der Waals surface area contributed by atoms with Crippen LogP contribution in [0.4, 0.5) is 20.2 Å². The number of benzene rings is 2. The number of carbonyl (C=O) groups is 2. The SMILES string of the molecule is CCN(C)S(=O)(=O)Nc1ccc(F)c(C(=O)c2c[nH]c3ncc(-c4ccc(N5CCN(C6CCN(CC(=O)OC)CC6)CC5)cc4)cc23)c1F. The van der Waals surface area contributed by atoms with Crippen LogP contribution < -0.4 is 9.62 Å². The van der Waals surface area contributed by atoms with E-state index in [-0.39, 0.29) is 18.1 Å². The Kier molecular flexibility index (Phi) is 10.5. The molecule has 0 aliphatic carbocycles. The first kappa shape index (κ1) is 35.4. The number of ketones is 1. The average molecular weight is 710 g/mol. The molecule has 4 heterocycles. The minimum Gasteiger partial charge on any atom is -0.468 e. The Hall–Kier alpha value is -4.44. The van der Waals surface area contributed by atoms with Crippen LogP contribution in [0.5, 0.6) is 0 Å². The molecule has 0 radical (unpaired) electrons. The Morgan fingerprint density at radius 2 is 1.72 bits per heavy atom. The predicted octanol–water partition coefficient (Wildman–Crippen LogP) is 4.11. The molecule has 2 saturated heterocycles. The topological polar surface area (TPSA) is 131 Å². The van der Waals surface area contributed by atoms with Gasteiger partial charge in [-0.2, -0.15) is 12.7 Å². The van der Waals surface area contributed by atoms with Gasteiger partial charge in [0.25, 0.3) is 0 Å². The van der Waals surface area contributed by atoms with Crippen LogP contribution in [0.2, 0.25) is 0 Å². The summed E-state index contributed by atoms with van der Waals surface area (Å²) in [5, 5.41) is 0.374. The molecule has 0 unspecified atom stereocenters. The number of likely N-dealkylation sites (tertiary alicyclic amines) is 1. The highest BCUT2D eigenvalue weighted by Crippen LogP contribution is 2.31. The molecule has 266 valence electrons. The molecule has 0 saturated carbocycles. The van der Waals surface area contributed by atoms with Gasteiger partial charge < -0.3 is 14.6 Å². The van der Waals surface area contributed by atoms with E-state index in [1.165, 1.54) is 20.4 Å². The van der Waals surface area contributed by atoms with Crippen LogP contribution in [0.1, 0.15) is 35.7 Å². The van der Waals surface area contributed by atoms with Crippen LogP contribution in [-0.2, 0) is 19.7 Å².